The smallest absolute Gasteiger partial charge is 0.00466 e. The van der Waals surface area contributed by atoms with Crippen LogP contribution in [0.5, 0.6) is 0 Å². The molecule has 1 nitrogen and oxygen atoms in total. The molecule has 1 heteroatoms. The summed E-state index contributed by atoms with van der Waals surface area (Å²) in [4.78, 5) is 0. The Morgan fingerprint density at radius 2 is 1.62 bits per heavy atom. The molecular weight excluding hydrogens is 194 g/mol. The highest BCUT2D eigenvalue weighted by atomic mass is 14.8. The third-order valence-corrected chi connectivity index (χ3v) is 5.65. The van der Waals surface area contributed by atoms with E-state index >= 15 is 0 Å². The Kier molecular flexibility index (Phi) is 2.25. The standard InChI is InChI=1S/C15H27N/c1-13-6-12-7-14(2,9-13)11-15(8-12,10-13)4-5-16-3/h12,16H,4-11H2,1-3H3. The van der Waals surface area contributed by atoms with Gasteiger partial charge in [-0.15, -0.1) is 0 Å². The average Bonchev–Trinajstić information content (AvgIpc) is 2.08. The molecule has 0 saturated heterocycles. The Hall–Kier alpha value is -0.0400. The third-order valence-electron chi connectivity index (χ3n) is 5.65. The van der Waals surface area contributed by atoms with Crippen LogP contribution in [0.15, 0.2) is 0 Å². The number of rotatable bonds is 3. The van der Waals surface area contributed by atoms with Gasteiger partial charge in [-0.1, -0.05) is 13.8 Å². The van der Waals surface area contributed by atoms with Crippen molar-refractivity contribution in [2.24, 2.45) is 22.2 Å². The number of hydrogen-bond acceptors (Lipinski definition) is 1. The molecule has 4 aliphatic carbocycles. The third kappa shape index (κ3) is 1.63. The van der Waals surface area contributed by atoms with Gasteiger partial charge >= 0.3 is 0 Å². The molecule has 0 aliphatic heterocycles. The van der Waals surface area contributed by atoms with Crippen LogP contribution in [0, 0.1) is 22.2 Å². The van der Waals surface area contributed by atoms with Crippen molar-refractivity contribution in [3.05, 3.63) is 0 Å². The van der Waals surface area contributed by atoms with Gasteiger partial charge in [0, 0.05) is 0 Å². The second-order valence-electron chi connectivity index (χ2n) is 7.98. The van der Waals surface area contributed by atoms with E-state index < -0.39 is 0 Å². The molecule has 4 aliphatic rings. The SMILES string of the molecule is CNCCC12CC3CC(C)(CC(C)(C3)C1)C2. The van der Waals surface area contributed by atoms with E-state index in [-0.39, 0.29) is 0 Å². The Morgan fingerprint density at radius 1 is 1.00 bits per heavy atom. The Morgan fingerprint density at radius 3 is 2.12 bits per heavy atom. The van der Waals surface area contributed by atoms with Crippen molar-refractivity contribution < 1.29 is 0 Å². The van der Waals surface area contributed by atoms with Gasteiger partial charge in [0.1, 0.15) is 0 Å². The van der Waals surface area contributed by atoms with Gasteiger partial charge in [-0.3, -0.25) is 0 Å². The van der Waals surface area contributed by atoms with Gasteiger partial charge in [-0.05, 0) is 80.7 Å². The van der Waals surface area contributed by atoms with Crippen LogP contribution >= 0.6 is 0 Å². The molecule has 4 fully saturated rings. The molecule has 92 valence electrons. The molecule has 4 saturated carbocycles. The summed E-state index contributed by atoms with van der Waals surface area (Å²) in [6.07, 6.45) is 10.6. The molecule has 0 radical (unpaired) electrons. The highest BCUT2D eigenvalue weighted by Gasteiger charge is 2.59. The lowest BCUT2D eigenvalue weighted by Crippen LogP contribution is -2.55. The van der Waals surface area contributed by atoms with Gasteiger partial charge in [-0.2, -0.15) is 0 Å². The van der Waals surface area contributed by atoms with E-state index in [0.29, 0.717) is 16.2 Å². The molecular formula is C15H27N. The Balaban J connectivity index is 1.86. The summed E-state index contributed by atoms with van der Waals surface area (Å²) in [5.41, 5.74) is 2.11. The van der Waals surface area contributed by atoms with E-state index in [1.54, 1.807) is 6.42 Å². The zero-order valence-corrected chi connectivity index (χ0v) is 11.2. The molecule has 2 atom stereocenters. The Labute approximate surface area is 100 Å². The summed E-state index contributed by atoms with van der Waals surface area (Å²) in [7, 11) is 2.10. The van der Waals surface area contributed by atoms with Crippen molar-refractivity contribution in [3.63, 3.8) is 0 Å². The summed E-state index contributed by atoms with van der Waals surface area (Å²) < 4.78 is 0. The van der Waals surface area contributed by atoms with Crippen molar-refractivity contribution in [3.8, 4) is 0 Å². The predicted octanol–water partition coefficient (Wildman–Crippen LogP) is 3.59. The molecule has 1 N–H and O–H groups in total. The molecule has 4 rings (SSSR count). The summed E-state index contributed by atoms with van der Waals surface area (Å²) in [5.74, 6) is 1.06. The van der Waals surface area contributed by atoms with Crippen molar-refractivity contribution in [1.29, 1.82) is 0 Å². The first kappa shape index (κ1) is 11.1. The lowest BCUT2D eigenvalue weighted by molar-refractivity contribution is -0.147. The van der Waals surface area contributed by atoms with Gasteiger partial charge in [0.15, 0.2) is 0 Å². The molecule has 0 aromatic rings. The van der Waals surface area contributed by atoms with Crippen molar-refractivity contribution >= 4 is 0 Å². The summed E-state index contributed by atoms with van der Waals surface area (Å²) in [6, 6.07) is 0. The normalized spacial score (nSPS) is 54.6. The average molecular weight is 221 g/mol. The molecule has 16 heavy (non-hydrogen) atoms. The quantitative estimate of drug-likeness (QED) is 0.768. The van der Waals surface area contributed by atoms with E-state index in [1.165, 1.54) is 45.1 Å². The van der Waals surface area contributed by atoms with Crippen LogP contribution in [-0.4, -0.2) is 13.6 Å². The second kappa shape index (κ2) is 3.25. The van der Waals surface area contributed by atoms with E-state index in [2.05, 4.69) is 26.2 Å². The fourth-order valence-corrected chi connectivity index (χ4v) is 6.35. The van der Waals surface area contributed by atoms with Crippen LogP contribution < -0.4 is 5.32 Å². The molecule has 4 bridgehead atoms. The fraction of sp³-hybridized carbons (Fsp3) is 1.00. The first-order valence-electron chi connectivity index (χ1n) is 7.11. The van der Waals surface area contributed by atoms with E-state index in [1.807, 2.05) is 0 Å². The maximum absolute atomic E-state index is 3.37. The monoisotopic (exact) mass is 221 g/mol. The van der Waals surface area contributed by atoms with Crippen LogP contribution in [0.2, 0.25) is 0 Å². The van der Waals surface area contributed by atoms with Gasteiger partial charge in [0.05, 0.1) is 0 Å². The van der Waals surface area contributed by atoms with E-state index in [9.17, 15) is 0 Å². The van der Waals surface area contributed by atoms with Gasteiger partial charge in [0.25, 0.3) is 0 Å². The molecule has 0 aromatic heterocycles. The minimum Gasteiger partial charge on any atom is -0.320 e. The first-order valence-corrected chi connectivity index (χ1v) is 7.11. The zero-order chi connectivity index (χ0) is 11.4. The van der Waals surface area contributed by atoms with Crippen LogP contribution in [-0.2, 0) is 0 Å². The molecule has 0 heterocycles. The van der Waals surface area contributed by atoms with Crippen LogP contribution in [0.4, 0.5) is 0 Å². The minimum atomic E-state index is 0.696. The van der Waals surface area contributed by atoms with E-state index in [4.69, 9.17) is 0 Å². The van der Waals surface area contributed by atoms with Gasteiger partial charge in [0.2, 0.25) is 0 Å². The molecule has 0 aromatic carbocycles. The highest BCUT2D eigenvalue weighted by Crippen LogP contribution is 2.70. The fourth-order valence-electron chi connectivity index (χ4n) is 6.35. The molecule has 0 amide bonds. The second-order valence-corrected chi connectivity index (χ2v) is 7.98. The van der Waals surface area contributed by atoms with Crippen molar-refractivity contribution in [2.45, 2.75) is 58.8 Å². The maximum atomic E-state index is 3.37. The Bertz CT molecular complexity index is 278. The van der Waals surface area contributed by atoms with Crippen molar-refractivity contribution in [2.75, 3.05) is 13.6 Å². The lowest BCUT2D eigenvalue weighted by Gasteiger charge is -2.65. The highest BCUT2D eigenvalue weighted by molar-refractivity contribution is 5.10. The largest absolute Gasteiger partial charge is 0.320 e. The van der Waals surface area contributed by atoms with Crippen LogP contribution in [0.3, 0.4) is 0 Å². The molecule has 0 spiro atoms. The summed E-state index contributed by atoms with van der Waals surface area (Å²) in [6.45, 7) is 6.37. The van der Waals surface area contributed by atoms with E-state index in [0.717, 1.165) is 5.92 Å². The lowest BCUT2D eigenvalue weighted by atomic mass is 9.40. The first-order chi connectivity index (χ1) is 7.47. The summed E-state index contributed by atoms with van der Waals surface area (Å²) in [5, 5.41) is 3.37. The van der Waals surface area contributed by atoms with Gasteiger partial charge in [-0.25, -0.2) is 0 Å². The minimum absolute atomic E-state index is 0.696. The molecule has 2 unspecified atom stereocenters. The number of hydrogen-bond donors (Lipinski definition) is 1. The predicted molar refractivity (Wildman–Crippen MR) is 68.4 cm³/mol. The topological polar surface area (TPSA) is 12.0 Å². The van der Waals surface area contributed by atoms with Crippen LogP contribution in [0.25, 0.3) is 0 Å². The van der Waals surface area contributed by atoms with Gasteiger partial charge < -0.3 is 5.32 Å². The summed E-state index contributed by atoms with van der Waals surface area (Å²) >= 11 is 0. The zero-order valence-electron chi connectivity index (χ0n) is 11.2. The maximum Gasteiger partial charge on any atom is -0.00466 e. The van der Waals surface area contributed by atoms with Crippen molar-refractivity contribution in [1.82, 2.24) is 5.32 Å². The number of nitrogens with one attached hydrogen (secondary N) is 1. The van der Waals surface area contributed by atoms with Crippen LogP contribution in [0.1, 0.15) is 58.8 Å².